The first-order chi connectivity index (χ1) is 5.83. The van der Waals surface area contributed by atoms with Gasteiger partial charge in [-0.15, -0.1) is 24.8 Å². The van der Waals surface area contributed by atoms with Crippen molar-refractivity contribution in [2.45, 2.75) is 3.79 Å². The highest BCUT2D eigenvalue weighted by Crippen LogP contribution is 2.26. The van der Waals surface area contributed by atoms with E-state index >= 15 is 0 Å². The van der Waals surface area contributed by atoms with E-state index in [1.165, 1.54) is 0 Å². The van der Waals surface area contributed by atoms with Crippen molar-refractivity contribution in [3.05, 3.63) is 23.2 Å². The normalized spacial score (nSPS) is 8.54. The van der Waals surface area contributed by atoms with Gasteiger partial charge in [-0.25, -0.2) is 0 Å². The van der Waals surface area contributed by atoms with Crippen LogP contribution in [0.5, 0.6) is 0 Å². The van der Waals surface area contributed by atoms with Gasteiger partial charge in [-0.05, 0) is 0 Å². The van der Waals surface area contributed by atoms with E-state index in [-0.39, 0.29) is 10.4 Å². The summed E-state index contributed by atoms with van der Waals surface area (Å²) in [5, 5.41) is 0. The van der Waals surface area contributed by atoms with Gasteiger partial charge in [0.15, 0.2) is 0 Å². The molecule has 0 aliphatic heterocycles. The summed E-state index contributed by atoms with van der Waals surface area (Å²) in [4.78, 5) is 0. The first-order valence-electron chi connectivity index (χ1n) is 2.57. The van der Waals surface area contributed by atoms with Crippen LogP contribution in [0.15, 0.2) is 23.2 Å². The molecule has 0 unspecified atom stereocenters. The SMILES string of the molecule is C=C.ClC=C(Cl)Cl.ClCC(Cl)(Cl)Cl. The van der Waals surface area contributed by atoms with Gasteiger partial charge in [-0.1, -0.05) is 69.6 Å². The van der Waals surface area contributed by atoms with Crippen LogP contribution in [0.4, 0.5) is 0 Å². The van der Waals surface area contributed by atoms with E-state index in [0.29, 0.717) is 0 Å². The lowest BCUT2D eigenvalue weighted by Gasteiger charge is -2.00. The fourth-order valence-electron chi connectivity index (χ4n) is 0. The maximum absolute atomic E-state index is 5.12. The summed E-state index contributed by atoms with van der Waals surface area (Å²) in [6.45, 7) is 6.00. The molecule has 80 valence electrons. The van der Waals surface area contributed by atoms with Crippen molar-refractivity contribution in [1.29, 1.82) is 0 Å². The second-order valence-corrected chi connectivity index (χ2v) is 5.16. The highest BCUT2D eigenvalue weighted by molar-refractivity contribution is 6.69. The molecule has 0 rings (SSSR count). The lowest BCUT2D eigenvalue weighted by molar-refractivity contribution is 1.28. The molecule has 7 heteroatoms. The number of alkyl halides is 4. The van der Waals surface area contributed by atoms with Crippen LogP contribution in [-0.4, -0.2) is 9.67 Å². The molecule has 0 radical (unpaired) electrons. The van der Waals surface area contributed by atoms with E-state index in [1.807, 2.05) is 0 Å². The smallest absolute Gasteiger partial charge is 0.122 e. The first kappa shape index (κ1) is 20.0. The van der Waals surface area contributed by atoms with E-state index in [2.05, 4.69) is 13.2 Å². The Morgan fingerprint density at radius 3 is 1.31 bits per heavy atom. The third kappa shape index (κ3) is 42.2. The average molecular weight is 327 g/mol. The molecule has 0 aromatic rings. The molecule has 0 heterocycles. The molecule has 0 spiro atoms. The largest absolute Gasteiger partial charge is 0.203 e. The molecular weight excluding hydrogens is 320 g/mol. The Hall–Kier alpha value is 1.51. The van der Waals surface area contributed by atoms with Crippen molar-refractivity contribution in [2.75, 3.05) is 5.88 Å². The minimum atomic E-state index is -1.28. The molecule has 0 nitrogen and oxygen atoms in total. The zero-order valence-electron chi connectivity index (χ0n) is 6.34. The minimum absolute atomic E-state index is 0.0394. The number of hydrogen-bond acceptors (Lipinski definition) is 0. The van der Waals surface area contributed by atoms with Crippen LogP contribution in [0, 0.1) is 0 Å². The quantitative estimate of drug-likeness (QED) is 0.384. The summed E-state index contributed by atoms with van der Waals surface area (Å²) in [7, 11) is 0. The predicted molar refractivity (Wildman–Crippen MR) is 67.9 cm³/mol. The molecule has 0 saturated carbocycles. The average Bonchev–Trinajstić information content (AvgIpc) is 2.08. The van der Waals surface area contributed by atoms with Gasteiger partial charge in [0.05, 0.1) is 5.88 Å². The highest BCUT2D eigenvalue weighted by atomic mass is 35.6. The molecule has 0 aromatic heterocycles. The number of halogens is 7. The molecule has 13 heavy (non-hydrogen) atoms. The van der Waals surface area contributed by atoms with E-state index in [9.17, 15) is 0 Å². The number of rotatable bonds is 0. The zero-order chi connectivity index (χ0) is 11.5. The topological polar surface area (TPSA) is 0 Å². The van der Waals surface area contributed by atoms with Crippen LogP contribution >= 0.6 is 81.2 Å². The van der Waals surface area contributed by atoms with Crippen molar-refractivity contribution in [1.82, 2.24) is 0 Å². The minimum Gasteiger partial charge on any atom is -0.122 e. The molecule has 0 aliphatic carbocycles. The highest BCUT2D eigenvalue weighted by Gasteiger charge is 2.16. The second-order valence-electron chi connectivity index (χ2n) is 1.15. The lowest BCUT2D eigenvalue weighted by Crippen LogP contribution is -2.01. The summed E-state index contributed by atoms with van der Waals surface area (Å²) in [5.74, 6) is 0.0394. The molecule has 0 N–H and O–H groups in total. The van der Waals surface area contributed by atoms with Gasteiger partial charge >= 0.3 is 0 Å². The van der Waals surface area contributed by atoms with Gasteiger partial charge in [0, 0.05) is 5.54 Å². The first-order valence-corrected chi connectivity index (χ1v) is 5.43. The van der Waals surface area contributed by atoms with Gasteiger partial charge in [-0.3, -0.25) is 0 Å². The third-order valence-corrected chi connectivity index (χ3v) is 2.11. The molecular formula is C6H7Cl7. The Morgan fingerprint density at radius 2 is 1.31 bits per heavy atom. The molecule has 0 amide bonds. The maximum atomic E-state index is 5.12. The van der Waals surface area contributed by atoms with Crippen molar-refractivity contribution in [3.8, 4) is 0 Å². The van der Waals surface area contributed by atoms with Gasteiger partial charge in [0.1, 0.15) is 4.49 Å². The summed E-state index contributed by atoms with van der Waals surface area (Å²) in [6.07, 6.45) is 0. The van der Waals surface area contributed by atoms with Crippen molar-refractivity contribution in [2.24, 2.45) is 0 Å². The number of hydrogen-bond donors (Lipinski definition) is 0. The molecule has 0 fully saturated rings. The van der Waals surface area contributed by atoms with Gasteiger partial charge in [0.2, 0.25) is 3.79 Å². The van der Waals surface area contributed by atoms with Crippen LogP contribution in [-0.2, 0) is 0 Å². The van der Waals surface area contributed by atoms with Crippen LogP contribution in [0.25, 0.3) is 0 Å². The Labute approximate surface area is 113 Å². The predicted octanol–water partition coefficient (Wildman–Crippen LogP) is 5.90. The van der Waals surface area contributed by atoms with Crippen LogP contribution in [0.3, 0.4) is 0 Å². The molecule has 0 aliphatic rings. The van der Waals surface area contributed by atoms with Gasteiger partial charge < -0.3 is 0 Å². The van der Waals surface area contributed by atoms with Crippen molar-refractivity contribution in [3.63, 3.8) is 0 Å². The summed E-state index contributed by atoms with van der Waals surface area (Å²) in [6, 6.07) is 0. The van der Waals surface area contributed by atoms with Crippen molar-refractivity contribution >= 4 is 81.2 Å². The summed E-state index contributed by atoms with van der Waals surface area (Å²) >= 11 is 35.3. The standard InChI is InChI=1S/C2H2Cl4.C2HCl3.C2H4/c3-1-2(4,5)6;3-1-2(4)5;1-2/h1H2;1H;1-2H2. The maximum Gasteiger partial charge on any atom is 0.203 e. The molecule has 0 saturated heterocycles. The Morgan fingerprint density at radius 1 is 1.15 bits per heavy atom. The van der Waals surface area contributed by atoms with Crippen LogP contribution in [0.1, 0.15) is 0 Å². The molecule has 0 bridgehead atoms. The fourth-order valence-corrected chi connectivity index (χ4v) is 0. The second kappa shape index (κ2) is 13.5. The third-order valence-electron chi connectivity index (χ3n) is 0.234. The van der Waals surface area contributed by atoms with Gasteiger partial charge in [0.25, 0.3) is 0 Å². The Kier molecular flexibility index (Phi) is 20.8. The van der Waals surface area contributed by atoms with E-state index < -0.39 is 3.79 Å². The van der Waals surface area contributed by atoms with Crippen LogP contribution < -0.4 is 0 Å². The summed E-state index contributed by atoms with van der Waals surface area (Å²) in [5.41, 5.74) is 1.09. The van der Waals surface area contributed by atoms with Crippen LogP contribution in [0.2, 0.25) is 0 Å². The lowest BCUT2D eigenvalue weighted by atomic mass is 10.9. The molecule has 0 aromatic carbocycles. The van der Waals surface area contributed by atoms with E-state index in [0.717, 1.165) is 5.54 Å². The molecule has 0 atom stereocenters. The summed E-state index contributed by atoms with van der Waals surface area (Å²) < 4.78 is -1.19. The Balaban J connectivity index is -0.000000131. The monoisotopic (exact) mass is 324 g/mol. The van der Waals surface area contributed by atoms with Crippen molar-refractivity contribution < 1.29 is 0 Å². The van der Waals surface area contributed by atoms with E-state index in [4.69, 9.17) is 81.2 Å². The van der Waals surface area contributed by atoms with Gasteiger partial charge in [-0.2, -0.15) is 0 Å². The zero-order valence-corrected chi connectivity index (χ0v) is 11.6. The van der Waals surface area contributed by atoms with E-state index in [1.54, 1.807) is 0 Å². The fraction of sp³-hybridized carbons (Fsp3) is 0.333. The Bertz CT molecular complexity index is 121.